The highest BCUT2D eigenvalue weighted by Crippen LogP contribution is 2.20. The van der Waals surface area contributed by atoms with Crippen LogP contribution in [0.5, 0.6) is 0 Å². The lowest BCUT2D eigenvalue weighted by Gasteiger charge is -2.07. The standard InChI is InChI=1S/C12H8BrN5/c13-9-2-1-8(10(16)3-9)6-18-7-17-11(4-14)12(18)5-15/h1-3,7H,6,16H2. The van der Waals surface area contributed by atoms with Gasteiger partial charge < -0.3 is 10.3 Å². The van der Waals surface area contributed by atoms with Gasteiger partial charge in [0.05, 0.1) is 12.9 Å². The van der Waals surface area contributed by atoms with Gasteiger partial charge in [-0.1, -0.05) is 22.0 Å². The van der Waals surface area contributed by atoms with E-state index >= 15 is 0 Å². The van der Waals surface area contributed by atoms with Crippen molar-refractivity contribution < 1.29 is 0 Å². The van der Waals surface area contributed by atoms with Crippen molar-refractivity contribution in [3.8, 4) is 12.1 Å². The molecular formula is C12H8BrN5. The molecule has 2 aromatic rings. The molecular weight excluding hydrogens is 294 g/mol. The summed E-state index contributed by atoms with van der Waals surface area (Å²) in [5, 5.41) is 17.8. The van der Waals surface area contributed by atoms with E-state index in [4.69, 9.17) is 16.3 Å². The lowest BCUT2D eigenvalue weighted by molar-refractivity contribution is 0.787. The molecule has 0 aliphatic rings. The van der Waals surface area contributed by atoms with Crippen LogP contribution in [0, 0.1) is 22.7 Å². The van der Waals surface area contributed by atoms with Gasteiger partial charge >= 0.3 is 0 Å². The van der Waals surface area contributed by atoms with E-state index in [1.165, 1.54) is 6.33 Å². The highest BCUT2D eigenvalue weighted by molar-refractivity contribution is 9.10. The molecule has 18 heavy (non-hydrogen) atoms. The van der Waals surface area contributed by atoms with Gasteiger partial charge in [0.15, 0.2) is 11.4 Å². The Kier molecular flexibility index (Phi) is 3.31. The molecule has 0 fully saturated rings. The van der Waals surface area contributed by atoms with Crippen LogP contribution in [0.25, 0.3) is 0 Å². The molecule has 1 aromatic heterocycles. The average molecular weight is 302 g/mol. The maximum Gasteiger partial charge on any atom is 0.176 e. The Bertz CT molecular complexity index is 675. The van der Waals surface area contributed by atoms with E-state index in [-0.39, 0.29) is 11.4 Å². The number of nitrogen functional groups attached to an aromatic ring is 1. The van der Waals surface area contributed by atoms with E-state index in [1.807, 2.05) is 24.3 Å². The average Bonchev–Trinajstić information content (AvgIpc) is 2.74. The lowest BCUT2D eigenvalue weighted by Crippen LogP contribution is -2.04. The van der Waals surface area contributed by atoms with E-state index in [9.17, 15) is 0 Å². The SMILES string of the molecule is N#Cc1ncn(Cc2ccc(Br)cc2N)c1C#N. The third kappa shape index (κ3) is 2.20. The number of aromatic nitrogens is 2. The van der Waals surface area contributed by atoms with Crippen molar-refractivity contribution in [1.82, 2.24) is 9.55 Å². The molecule has 0 aliphatic carbocycles. The molecule has 88 valence electrons. The number of nitrogens with two attached hydrogens (primary N) is 1. The van der Waals surface area contributed by atoms with E-state index in [0.29, 0.717) is 12.2 Å². The normalized spacial score (nSPS) is 9.72. The Hall–Kier alpha value is -2.31. The Labute approximate surface area is 112 Å². The number of hydrogen-bond acceptors (Lipinski definition) is 4. The maximum absolute atomic E-state index is 9.01. The van der Waals surface area contributed by atoms with Crippen molar-refractivity contribution in [3.63, 3.8) is 0 Å². The summed E-state index contributed by atoms with van der Waals surface area (Å²) in [6, 6.07) is 9.39. The number of nitriles is 2. The Balaban J connectivity index is 2.38. The molecule has 1 heterocycles. The van der Waals surface area contributed by atoms with E-state index in [1.54, 1.807) is 10.6 Å². The van der Waals surface area contributed by atoms with Crippen LogP contribution in [-0.2, 0) is 6.54 Å². The van der Waals surface area contributed by atoms with Crippen molar-refractivity contribution in [2.45, 2.75) is 6.54 Å². The fourth-order valence-electron chi connectivity index (χ4n) is 1.59. The zero-order valence-electron chi connectivity index (χ0n) is 9.26. The summed E-state index contributed by atoms with van der Waals surface area (Å²) in [4.78, 5) is 3.88. The third-order valence-corrected chi connectivity index (χ3v) is 2.99. The first-order valence-corrected chi connectivity index (χ1v) is 5.84. The maximum atomic E-state index is 9.01. The van der Waals surface area contributed by atoms with Gasteiger partial charge in [0, 0.05) is 10.2 Å². The first-order chi connectivity index (χ1) is 8.65. The first-order valence-electron chi connectivity index (χ1n) is 5.05. The molecule has 2 rings (SSSR count). The summed E-state index contributed by atoms with van der Waals surface area (Å²) in [5.74, 6) is 0. The van der Waals surface area contributed by atoms with Crippen LogP contribution in [0.2, 0.25) is 0 Å². The molecule has 2 N–H and O–H groups in total. The number of nitrogens with zero attached hydrogens (tertiary/aromatic N) is 4. The van der Waals surface area contributed by atoms with Crippen molar-refractivity contribution in [2.75, 3.05) is 5.73 Å². The van der Waals surface area contributed by atoms with Gasteiger partial charge in [0.25, 0.3) is 0 Å². The minimum absolute atomic E-state index is 0.133. The number of imidazole rings is 1. The zero-order valence-corrected chi connectivity index (χ0v) is 10.8. The van der Waals surface area contributed by atoms with Gasteiger partial charge in [-0.15, -0.1) is 0 Å². The second-order valence-electron chi connectivity index (χ2n) is 3.64. The second kappa shape index (κ2) is 4.91. The third-order valence-electron chi connectivity index (χ3n) is 2.50. The topological polar surface area (TPSA) is 91.4 Å². The summed E-state index contributed by atoms with van der Waals surface area (Å²) in [6.45, 7) is 0.413. The highest BCUT2D eigenvalue weighted by Gasteiger charge is 2.11. The van der Waals surface area contributed by atoms with Crippen molar-refractivity contribution in [3.05, 3.63) is 46.0 Å². The molecule has 0 atom stereocenters. The molecule has 0 saturated heterocycles. The van der Waals surface area contributed by atoms with Crippen LogP contribution in [0.1, 0.15) is 17.0 Å². The largest absolute Gasteiger partial charge is 0.398 e. The summed E-state index contributed by atoms with van der Waals surface area (Å²) in [6.07, 6.45) is 1.47. The predicted molar refractivity (Wildman–Crippen MR) is 69.3 cm³/mol. The molecule has 0 radical (unpaired) electrons. The Morgan fingerprint density at radius 3 is 2.72 bits per heavy atom. The number of benzene rings is 1. The van der Waals surface area contributed by atoms with Crippen LogP contribution in [0.3, 0.4) is 0 Å². The molecule has 1 aromatic carbocycles. The fraction of sp³-hybridized carbons (Fsp3) is 0.0833. The summed E-state index contributed by atoms with van der Waals surface area (Å²) in [7, 11) is 0. The van der Waals surface area contributed by atoms with Crippen molar-refractivity contribution in [2.24, 2.45) is 0 Å². The van der Waals surface area contributed by atoms with Crippen LogP contribution >= 0.6 is 15.9 Å². The van der Waals surface area contributed by atoms with E-state index in [2.05, 4.69) is 20.9 Å². The Morgan fingerprint density at radius 1 is 1.33 bits per heavy atom. The van der Waals surface area contributed by atoms with Gasteiger partial charge in [-0.25, -0.2) is 4.98 Å². The minimum atomic E-state index is 0.133. The smallest absolute Gasteiger partial charge is 0.176 e. The summed E-state index contributed by atoms with van der Waals surface area (Å²) >= 11 is 3.33. The quantitative estimate of drug-likeness (QED) is 0.859. The lowest BCUT2D eigenvalue weighted by atomic mass is 10.2. The van der Waals surface area contributed by atoms with Gasteiger partial charge in [-0.2, -0.15) is 10.5 Å². The molecule has 6 heteroatoms. The van der Waals surface area contributed by atoms with Crippen LogP contribution in [-0.4, -0.2) is 9.55 Å². The van der Waals surface area contributed by atoms with Crippen LogP contribution < -0.4 is 5.73 Å². The molecule has 0 saturated carbocycles. The fourth-order valence-corrected chi connectivity index (χ4v) is 1.97. The Morgan fingerprint density at radius 2 is 2.11 bits per heavy atom. The molecule has 0 spiro atoms. The second-order valence-corrected chi connectivity index (χ2v) is 4.55. The molecule has 0 amide bonds. The summed E-state index contributed by atoms with van der Waals surface area (Å²) in [5.41, 5.74) is 7.77. The van der Waals surface area contributed by atoms with E-state index in [0.717, 1.165) is 10.0 Å². The highest BCUT2D eigenvalue weighted by atomic mass is 79.9. The van der Waals surface area contributed by atoms with Crippen molar-refractivity contribution >= 4 is 21.6 Å². The van der Waals surface area contributed by atoms with Gasteiger partial charge in [-0.3, -0.25) is 0 Å². The molecule has 0 bridgehead atoms. The molecule has 0 unspecified atom stereocenters. The number of hydrogen-bond donors (Lipinski definition) is 1. The minimum Gasteiger partial charge on any atom is -0.398 e. The summed E-state index contributed by atoms with van der Waals surface area (Å²) < 4.78 is 2.51. The van der Waals surface area contributed by atoms with Gasteiger partial charge in [-0.05, 0) is 17.7 Å². The molecule has 0 aliphatic heterocycles. The molecule has 5 nitrogen and oxygen atoms in total. The monoisotopic (exact) mass is 301 g/mol. The van der Waals surface area contributed by atoms with Crippen LogP contribution in [0.4, 0.5) is 5.69 Å². The first kappa shape index (κ1) is 12.2. The van der Waals surface area contributed by atoms with Crippen LogP contribution in [0.15, 0.2) is 29.0 Å². The van der Waals surface area contributed by atoms with Gasteiger partial charge in [0.2, 0.25) is 0 Å². The number of rotatable bonds is 2. The number of anilines is 1. The van der Waals surface area contributed by atoms with Crippen molar-refractivity contribution in [1.29, 1.82) is 10.5 Å². The number of halogens is 1. The van der Waals surface area contributed by atoms with Gasteiger partial charge in [0.1, 0.15) is 12.1 Å². The van der Waals surface area contributed by atoms with E-state index < -0.39 is 0 Å². The predicted octanol–water partition coefficient (Wildman–Crippen LogP) is 2.02. The zero-order chi connectivity index (χ0) is 13.1.